The van der Waals surface area contributed by atoms with Crippen LogP contribution in [-0.2, 0) is 4.79 Å². The Labute approximate surface area is 67.6 Å². The van der Waals surface area contributed by atoms with Crippen molar-refractivity contribution in [1.82, 2.24) is 0 Å². The fraction of sp³-hybridized carbons (Fsp3) is 0.875. The molecule has 0 bridgehead atoms. The molecular formula is C8H16OS. The van der Waals surface area contributed by atoms with Gasteiger partial charge in [0.05, 0.1) is 0 Å². The minimum absolute atomic E-state index is 0.320. The monoisotopic (exact) mass is 160 g/mol. The van der Waals surface area contributed by atoms with Gasteiger partial charge in [0.2, 0.25) is 0 Å². The molecule has 1 unspecified atom stereocenters. The van der Waals surface area contributed by atoms with Gasteiger partial charge in [-0.2, -0.15) is 0 Å². The summed E-state index contributed by atoms with van der Waals surface area (Å²) < 4.78 is 0. The average molecular weight is 160 g/mol. The molecule has 0 aromatic heterocycles. The maximum Gasteiger partial charge on any atom is 0.188 e. The summed E-state index contributed by atoms with van der Waals surface area (Å²) in [5, 5.41) is 0.320. The molecule has 0 spiro atoms. The Hall–Kier alpha value is 0.0200. The topological polar surface area (TPSA) is 17.1 Å². The molecule has 0 aromatic carbocycles. The molecule has 60 valence electrons. The molecule has 0 fully saturated rings. The van der Waals surface area contributed by atoms with Gasteiger partial charge in [0, 0.05) is 6.42 Å². The van der Waals surface area contributed by atoms with E-state index in [9.17, 15) is 4.79 Å². The van der Waals surface area contributed by atoms with Crippen LogP contribution in [0.4, 0.5) is 0 Å². The zero-order valence-electron chi connectivity index (χ0n) is 7.02. The second kappa shape index (κ2) is 5.78. The summed E-state index contributed by atoms with van der Waals surface area (Å²) in [5.41, 5.74) is 0. The van der Waals surface area contributed by atoms with Crippen molar-refractivity contribution in [2.75, 3.05) is 6.26 Å². The highest BCUT2D eigenvalue weighted by atomic mass is 32.2. The fourth-order valence-electron chi connectivity index (χ4n) is 0.670. The highest BCUT2D eigenvalue weighted by Gasteiger charge is 2.02. The van der Waals surface area contributed by atoms with E-state index in [1.54, 1.807) is 0 Å². The van der Waals surface area contributed by atoms with Crippen molar-refractivity contribution in [3.63, 3.8) is 0 Å². The van der Waals surface area contributed by atoms with Crippen molar-refractivity contribution in [1.29, 1.82) is 0 Å². The molecule has 0 aliphatic carbocycles. The van der Waals surface area contributed by atoms with Gasteiger partial charge in [-0.05, 0) is 18.6 Å². The molecule has 0 amide bonds. The van der Waals surface area contributed by atoms with Crippen LogP contribution in [-0.4, -0.2) is 11.4 Å². The first kappa shape index (κ1) is 10.0. The van der Waals surface area contributed by atoms with Crippen LogP contribution in [0.2, 0.25) is 0 Å². The van der Waals surface area contributed by atoms with Gasteiger partial charge in [0.25, 0.3) is 0 Å². The Bertz CT molecular complexity index is 101. The van der Waals surface area contributed by atoms with Crippen molar-refractivity contribution >= 4 is 16.9 Å². The summed E-state index contributed by atoms with van der Waals surface area (Å²) >= 11 is 1.34. The summed E-state index contributed by atoms with van der Waals surface area (Å²) in [5.74, 6) is 0.705. The predicted molar refractivity (Wildman–Crippen MR) is 47.2 cm³/mol. The number of hydrogen-bond acceptors (Lipinski definition) is 2. The maximum absolute atomic E-state index is 10.8. The van der Waals surface area contributed by atoms with Crippen LogP contribution in [0.15, 0.2) is 0 Å². The van der Waals surface area contributed by atoms with Gasteiger partial charge in [-0.25, -0.2) is 0 Å². The van der Waals surface area contributed by atoms with Crippen LogP contribution >= 0.6 is 11.8 Å². The predicted octanol–water partition coefficient (Wildman–Crippen LogP) is 2.70. The zero-order valence-corrected chi connectivity index (χ0v) is 7.83. The van der Waals surface area contributed by atoms with Crippen molar-refractivity contribution in [3.05, 3.63) is 0 Å². The third kappa shape index (κ3) is 4.86. The first-order valence-corrected chi connectivity index (χ1v) is 5.00. The van der Waals surface area contributed by atoms with Gasteiger partial charge in [0.1, 0.15) is 0 Å². The van der Waals surface area contributed by atoms with Gasteiger partial charge in [0.15, 0.2) is 5.12 Å². The second-order valence-electron chi connectivity index (χ2n) is 2.63. The quantitative estimate of drug-likeness (QED) is 0.629. The highest BCUT2D eigenvalue weighted by Crippen LogP contribution is 2.12. The van der Waals surface area contributed by atoms with Gasteiger partial charge in [-0.15, -0.1) is 0 Å². The number of rotatable bonds is 4. The lowest BCUT2D eigenvalue weighted by Crippen LogP contribution is -1.96. The van der Waals surface area contributed by atoms with E-state index in [4.69, 9.17) is 0 Å². The van der Waals surface area contributed by atoms with Crippen LogP contribution in [0.3, 0.4) is 0 Å². The van der Waals surface area contributed by atoms with Crippen LogP contribution in [0, 0.1) is 5.92 Å². The molecule has 0 saturated carbocycles. The lowest BCUT2D eigenvalue weighted by atomic mass is 10.0. The van der Waals surface area contributed by atoms with E-state index in [-0.39, 0.29) is 0 Å². The Morgan fingerprint density at radius 1 is 1.60 bits per heavy atom. The second-order valence-corrected chi connectivity index (χ2v) is 3.49. The highest BCUT2D eigenvalue weighted by molar-refractivity contribution is 8.13. The van der Waals surface area contributed by atoms with E-state index < -0.39 is 0 Å². The van der Waals surface area contributed by atoms with Crippen molar-refractivity contribution in [3.8, 4) is 0 Å². The summed E-state index contributed by atoms with van der Waals surface area (Å²) in [6.45, 7) is 4.35. The summed E-state index contributed by atoms with van der Waals surface area (Å²) in [7, 11) is 0. The zero-order chi connectivity index (χ0) is 7.98. The van der Waals surface area contributed by atoms with Gasteiger partial charge in [-0.1, -0.05) is 32.0 Å². The van der Waals surface area contributed by atoms with E-state index in [0.717, 1.165) is 12.8 Å². The van der Waals surface area contributed by atoms with Crippen molar-refractivity contribution in [2.24, 2.45) is 5.92 Å². The van der Waals surface area contributed by atoms with E-state index in [1.807, 2.05) is 6.26 Å². The molecule has 1 atom stereocenters. The van der Waals surface area contributed by atoms with Gasteiger partial charge in [-0.3, -0.25) is 4.79 Å². The standard InChI is InChI=1S/C8H16OS/c1-4-7(2)5-6-8(9)10-3/h7H,4-6H2,1-3H3. The minimum atomic E-state index is 0.320. The molecule has 0 aliphatic rings. The van der Waals surface area contributed by atoms with E-state index in [0.29, 0.717) is 11.0 Å². The van der Waals surface area contributed by atoms with Crippen molar-refractivity contribution < 1.29 is 4.79 Å². The minimum Gasteiger partial charge on any atom is -0.287 e. The van der Waals surface area contributed by atoms with Crippen LogP contribution in [0.1, 0.15) is 33.1 Å². The Morgan fingerprint density at radius 2 is 2.20 bits per heavy atom. The molecule has 0 saturated heterocycles. The molecule has 1 nitrogen and oxygen atoms in total. The molecule has 0 rings (SSSR count). The van der Waals surface area contributed by atoms with Crippen LogP contribution in [0.25, 0.3) is 0 Å². The maximum atomic E-state index is 10.8. The Balaban J connectivity index is 3.26. The SMILES string of the molecule is CCC(C)CCC(=O)SC. The Kier molecular flexibility index (Phi) is 5.79. The molecule has 0 N–H and O–H groups in total. The first-order chi connectivity index (χ1) is 4.70. The molecule has 0 aliphatic heterocycles. The lowest BCUT2D eigenvalue weighted by Gasteiger charge is -2.04. The third-order valence-corrected chi connectivity index (χ3v) is 2.43. The Morgan fingerprint density at radius 3 is 2.60 bits per heavy atom. The molecule has 0 radical (unpaired) electrons. The van der Waals surface area contributed by atoms with Crippen molar-refractivity contribution in [2.45, 2.75) is 33.1 Å². The van der Waals surface area contributed by atoms with Crippen LogP contribution < -0.4 is 0 Å². The number of carbonyl (C=O) groups excluding carboxylic acids is 1. The van der Waals surface area contributed by atoms with Crippen LogP contribution in [0.5, 0.6) is 0 Å². The summed E-state index contributed by atoms with van der Waals surface area (Å²) in [6, 6.07) is 0. The lowest BCUT2D eigenvalue weighted by molar-refractivity contribution is -0.111. The normalized spacial score (nSPS) is 13.1. The smallest absolute Gasteiger partial charge is 0.188 e. The van der Waals surface area contributed by atoms with Gasteiger partial charge >= 0.3 is 0 Å². The fourth-order valence-corrected chi connectivity index (χ4v) is 0.992. The van der Waals surface area contributed by atoms with E-state index in [2.05, 4.69) is 13.8 Å². The molecule has 2 heteroatoms. The molecular weight excluding hydrogens is 144 g/mol. The summed E-state index contributed by atoms with van der Waals surface area (Å²) in [6.07, 6.45) is 4.83. The third-order valence-electron chi connectivity index (χ3n) is 1.77. The molecule has 0 heterocycles. The number of carbonyl (C=O) groups is 1. The van der Waals surface area contributed by atoms with Gasteiger partial charge < -0.3 is 0 Å². The number of thioether (sulfide) groups is 1. The molecule has 0 aromatic rings. The average Bonchev–Trinajstić information content (AvgIpc) is 1.99. The van der Waals surface area contributed by atoms with E-state index in [1.165, 1.54) is 18.2 Å². The van der Waals surface area contributed by atoms with E-state index >= 15 is 0 Å². The largest absolute Gasteiger partial charge is 0.287 e. The molecule has 10 heavy (non-hydrogen) atoms. The summed E-state index contributed by atoms with van der Waals surface area (Å²) in [4.78, 5) is 10.8. The number of hydrogen-bond donors (Lipinski definition) is 0. The first-order valence-electron chi connectivity index (χ1n) is 3.77.